The van der Waals surface area contributed by atoms with Crippen LogP contribution in [0.1, 0.15) is 25.3 Å². The average molecular weight is 243 g/mol. The van der Waals surface area contributed by atoms with E-state index in [0.717, 1.165) is 26.2 Å². The van der Waals surface area contributed by atoms with Gasteiger partial charge in [-0.2, -0.15) is 5.26 Å². The first-order chi connectivity index (χ1) is 8.83. The Hall–Kier alpha value is -1.69. The summed E-state index contributed by atoms with van der Waals surface area (Å²) in [6.45, 7) is 5.80. The van der Waals surface area contributed by atoms with Crippen molar-refractivity contribution in [1.82, 2.24) is 4.90 Å². The summed E-state index contributed by atoms with van der Waals surface area (Å²) in [5.74, 6) is 0. The summed E-state index contributed by atoms with van der Waals surface area (Å²) in [5, 5.41) is 8.82. The summed E-state index contributed by atoms with van der Waals surface area (Å²) < 4.78 is 0. The van der Waals surface area contributed by atoms with Gasteiger partial charge in [0.05, 0.1) is 0 Å². The maximum atomic E-state index is 8.82. The Morgan fingerprint density at radius 2 is 1.78 bits per heavy atom. The molecule has 0 aliphatic carbocycles. The fourth-order valence-corrected chi connectivity index (χ4v) is 2.32. The van der Waals surface area contributed by atoms with Crippen molar-refractivity contribution < 1.29 is 0 Å². The summed E-state index contributed by atoms with van der Waals surface area (Å²) in [5.41, 5.74) is 2.71. The molecule has 0 atom stereocenters. The summed E-state index contributed by atoms with van der Waals surface area (Å²) >= 11 is 0. The zero-order valence-corrected chi connectivity index (χ0v) is 11.1. The molecule has 96 valence electrons. The fraction of sp³-hybridized carbons (Fsp3) is 0.533. The molecule has 0 unspecified atom stereocenters. The number of benzene rings is 1. The van der Waals surface area contributed by atoms with Crippen LogP contribution >= 0.6 is 0 Å². The molecule has 0 radical (unpaired) electrons. The maximum Gasteiger partial charge on any atom is 0.179 e. The molecule has 1 heterocycles. The van der Waals surface area contributed by atoms with Gasteiger partial charge in [0.25, 0.3) is 0 Å². The second-order valence-corrected chi connectivity index (χ2v) is 4.84. The van der Waals surface area contributed by atoms with E-state index in [9.17, 15) is 0 Å². The number of anilines is 1. The second kappa shape index (κ2) is 6.30. The van der Waals surface area contributed by atoms with Crippen molar-refractivity contribution in [2.75, 3.05) is 31.1 Å². The Balaban J connectivity index is 1.92. The smallest absolute Gasteiger partial charge is 0.179 e. The molecule has 1 fully saturated rings. The highest BCUT2D eigenvalue weighted by Gasteiger charge is 2.15. The fourth-order valence-electron chi connectivity index (χ4n) is 2.32. The molecule has 1 aromatic rings. The lowest BCUT2D eigenvalue weighted by Gasteiger charge is -2.33. The van der Waals surface area contributed by atoms with Gasteiger partial charge < -0.3 is 9.80 Å². The van der Waals surface area contributed by atoms with Gasteiger partial charge in [-0.05, 0) is 30.5 Å². The lowest BCUT2D eigenvalue weighted by Crippen LogP contribution is -2.44. The summed E-state index contributed by atoms with van der Waals surface area (Å²) in [4.78, 5) is 4.18. The Labute approximate surface area is 110 Å². The van der Waals surface area contributed by atoms with Gasteiger partial charge in [-0.3, -0.25) is 0 Å². The standard InChI is InChI=1S/C15H21N3/c1-2-3-4-14-5-7-15(8-6-14)18-11-9-17(13-16)10-12-18/h5-8H,2-4,9-12H2,1H3. The van der Waals surface area contributed by atoms with Crippen LogP contribution in [0.3, 0.4) is 0 Å². The van der Waals surface area contributed by atoms with E-state index in [-0.39, 0.29) is 0 Å². The average Bonchev–Trinajstić information content (AvgIpc) is 2.46. The maximum absolute atomic E-state index is 8.82. The molecule has 2 rings (SSSR count). The molecule has 3 heteroatoms. The number of hydrogen-bond donors (Lipinski definition) is 0. The number of nitriles is 1. The summed E-state index contributed by atoms with van der Waals surface area (Å²) in [6, 6.07) is 8.91. The molecule has 3 nitrogen and oxygen atoms in total. The minimum atomic E-state index is 0.841. The molecule has 0 spiro atoms. The van der Waals surface area contributed by atoms with E-state index in [1.807, 2.05) is 4.90 Å². The Bertz CT molecular complexity index is 397. The molecular weight excluding hydrogens is 222 g/mol. The van der Waals surface area contributed by atoms with Gasteiger partial charge in [-0.25, -0.2) is 0 Å². The van der Waals surface area contributed by atoms with E-state index in [1.54, 1.807) is 0 Å². The van der Waals surface area contributed by atoms with Crippen molar-refractivity contribution in [2.45, 2.75) is 26.2 Å². The van der Waals surface area contributed by atoms with Crippen LogP contribution in [0.4, 0.5) is 5.69 Å². The molecule has 0 N–H and O–H groups in total. The first-order valence-electron chi connectivity index (χ1n) is 6.82. The van der Waals surface area contributed by atoms with Gasteiger partial charge in [0.1, 0.15) is 0 Å². The third-order valence-electron chi connectivity index (χ3n) is 3.54. The normalized spacial score (nSPS) is 15.6. The highest BCUT2D eigenvalue weighted by atomic mass is 15.3. The SMILES string of the molecule is CCCCc1ccc(N2CCN(C#N)CC2)cc1. The van der Waals surface area contributed by atoms with Crippen molar-refractivity contribution in [3.8, 4) is 6.19 Å². The van der Waals surface area contributed by atoms with Crippen LogP contribution in [0, 0.1) is 11.5 Å². The number of rotatable bonds is 4. The molecule has 1 saturated heterocycles. The molecule has 0 aromatic heterocycles. The highest BCUT2D eigenvalue weighted by molar-refractivity contribution is 5.48. The van der Waals surface area contributed by atoms with Crippen LogP contribution in [0.5, 0.6) is 0 Å². The number of piperazine rings is 1. The first kappa shape index (κ1) is 12.8. The molecular formula is C15H21N3. The Morgan fingerprint density at radius 3 is 2.33 bits per heavy atom. The first-order valence-corrected chi connectivity index (χ1v) is 6.82. The Morgan fingerprint density at radius 1 is 1.11 bits per heavy atom. The molecule has 0 saturated carbocycles. The van der Waals surface area contributed by atoms with E-state index in [0.29, 0.717) is 0 Å². The molecule has 1 aliphatic heterocycles. The van der Waals surface area contributed by atoms with Crippen molar-refractivity contribution in [3.05, 3.63) is 29.8 Å². The zero-order chi connectivity index (χ0) is 12.8. The topological polar surface area (TPSA) is 30.3 Å². The molecule has 1 aliphatic rings. The van der Waals surface area contributed by atoms with Crippen molar-refractivity contribution >= 4 is 5.69 Å². The van der Waals surface area contributed by atoms with Crippen molar-refractivity contribution in [3.63, 3.8) is 0 Å². The van der Waals surface area contributed by atoms with Crippen LogP contribution in [0.25, 0.3) is 0 Å². The van der Waals surface area contributed by atoms with E-state index in [1.165, 1.54) is 30.5 Å². The third kappa shape index (κ3) is 3.16. The molecule has 1 aromatic carbocycles. The van der Waals surface area contributed by atoms with E-state index < -0.39 is 0 Å². The summed E-state index contributed by atoms with van der Waals surface area (Å²) in [7, 11) is 0. The lowest BCUT2D eigenvalue weighted by atomic mass is 10.1. The number of nitrogens with zero attached hydrogens (tertiary/aromatic N) is 3. The van der Waals surface area contributed by atoms with Gasteiger partial charge >= 0.3 is 0 Å². The van der Waals surface area contributed by atoms with E-state index in [4.69, 9.17) is 5.26 Å². The van der Waals surface area contributed by atoms with Crippen molar-refractivity contribution in [1.29, 1.82) is 5.26 Å². The van der Waals surface area contributed by atoms with Crippen molar-refractivity contribution in [2.24, 2.45) is 0 Å². The second-order valence-electron chi connectivity index (χ2n) is 4.84. The molecule has 18 heavy (non-hydrogen) atoms. The van der Waals surface area contributed by atoms with Gasteiger partial charge in [-0.1, -0.05) is 25.5 Å². The molecule has 0 bridgehead atoms. The summed E-state index contributed by atoms with van der Waals surface area (Å²) in [6.07, 6.45) is 5.91. The van der Waals surface area contributed by atoms with Gasteiger partial charge in [0.15, 0.2) is 6.19 Å². The lowest BCUT2D eigenvalue weighted by molar-refractivity contribution is 0.363. The quantitative estimate of drug-likeness (QED) is 0.762. The van der Waals surface area contributed by atoms with Gasteiger partial charge in [-0.15, -0.1) is 0 Å². The predicted octanol–water partition coefficient (Wildman–Crippen LogP) is 2.63. The number of hydrogen-bond acceptors (Lipinski definition) is 3. The van der Waals surface area contributed by atoms with Gasteiger partial charge in [0.2, 0.25) is 0 Å². The number of unbranched alkanes of at least 4 members (excludes halogenated alkanes) is 1. The minimum absolute atomic E-state index is 0.841. The van der Waals surface area contributed by atoms with E-state index in [2.05, 4.69) is 42.3 Å². The minimum Gasteiger partial charge on any atom is -0.368 e. The van der Waals surface area contributed by atoms with Crippen LogP contribution < -0.4 is 4.90 Å². The molecule has 0 amide bonds. The highest BCUT2D eigenvalue weighted by Crippen LogP contribution is 2.18. The third-order valence-corrected chi connectivity index (χ3v) is 3.54. The monoisotopic (exact) mass is 243 g/mol. The van der Waals surface area contributed by atoms with E-state index >= 15 is 0 Å². The largest absolute Gasteiger partial charge is 0.368 e. The van der Waals surface area contributed by atoms with Crippen LogP contribution in [-0.2, 0) is 6.42 Å². The van der Waals surface area contributed by atoms with Crippen LogP contribution in [-0.4, -0.2) is 31.1 Å². The van der Waals surface area contributed by atoms with Crippen LogP contribution in [0.2, 0.25) is 0 Å². The Kier molecular flexibility index (Phi) is 4.46. The predicted molar refractivity (Wildman–Crippen MR) is 74.5 cm³/mol. The van der Waals surface area contributed by atoms with Gasteiger partial charge in [0, 0.05) is 31.9 Å². The number of aryl methyl sites for hydroxylation is 1. The van der Waals surface area contributed by atoms with Crippen LogP contribution in [0.15, 0.2) is 24.3 Å². The zero-order valence-electron chi connectivity index (χ0n) is 11.1.